The molecule has 0 spiro atoms. The van der Waals surface area contributed by atoms with Crippen LogP contribution in [0.1, 0.15) is 31.9 Å². The number of hydroxylamine groups is 2. The van der Waals surface area contributed by atoms with Gasteiger partial charge in [-0.25, -0.2) is 14.2 Å². The molecule has 0 saturated carbocycles. The number of carbonyl (C=O) groups excluding carboxylic acids is 2. The SMILES string of the molecule is CON(C)C(=O)C(Cc1cc(C)ccc1F)NC(=O)OC(C)(C)C. The minimum absolute atomic E-state index is 0.0146. The highest BCUT2D eigenvalue weighted by Crippen LogP contribution is 2.14. The number of nitrogens with zero attached hydrogens (tertiary/aromatic N) is 1. The molecule has 0 aliphatic carbocycles. The van der Waals surface area contributed by atoms with Gasteiger partial charge in [0.1, 0.15) is 17.5 Å². The first-order valence-corrected chi connectivity index (χ1v) is 7.59. The number of alkyl carbamates (subject to hydrolysis) is 1. The van der Waals surface area contributed by atoms with E-state index in [0.717, 1.165) is 10.6 Å². The van der Waals surface area contributed by atoms with Gasteiger partial charge in [0.15, 0.2) is 0 Å². The molecule has 0 heterocycles. The van der Waals surface area contributed by atoms with Gasteiger partial charge in [-0.3, -0.25) is 9.63 Å². The predicted octanol–water partition coefficient (Wildman–Crippen LogP) is 2.59. The zero-order chi connectivity index (χ0) is 18.5. The van der Waals surface area contributed by atoms with Gasteiger partial charge in [0, 0.05) is 13.5 Å². The lowest BCUT2D eigenvalue weighted by Gasteiger charge is -2.25. The average Bonchev–Trinajstić information content (AvgIpc) is 2.46. The molecule has 0 aliphatic heterocycles. The van der Waals surface area contributed by atoms with Crippen LogP contribution < -0.4 is 5.32 Å². The molecule has 0 radical (unpaired) electrons. The summed E-state index contributed by atoms with van der Waals surface area (Å²) in [6, 6.07) is 3.60. The molecular weight excluding hydrogens is 315 g/mol. The number of aryl methyl sites for hydroxylation is 1. The average molecular weight is 340 g/mol. The van der Waals surface area contributed by atoms with E-state index in [4.69, 9.17) is 9.57 Å². The van der Waals surface area contributed by atoms with Gasteiger partial charge >= 0.3 is 6.09 Å². The Hall–Kier alpha value is -2.15. The van der Waals surface area contributed by atoms with Crippen molar-refractivity contribution in [3.8, 4) is 0 Å². The second kappa shape index (κ2) is 8.10. The number of rotatable bonds is 5. The minimum Gasteiger partial charge on any atom is -0.444 e. The molecule has 0 bridgehead atoms. The number of carbonyl (C=O) groups is 2. The lowest BCUT2D eigenvalue weighted by atomic mass is 10.0. The van der Waals surface area contributed by atoms with Crippen molar-refractivity contribution in [3.63, 3.8) is 0 Å². The van der Waals surface area contributed by atoms with Crippen LogP contribution in [0.2, 0.25) is 0 Å². The van der Waals surface area contributed by atoms with Crippen LogP contribution in [0.4, 0.5) is 9.18 Å². The normalized spacial score (nSPS) is 12.5. The van der Waals surface area contributed by atoms with Crippen molar-refractivity contribution in [2.75, 3.05) is 14.2 Å². The quantitative estimate of drug-likeness (QED) is 0.837. The van der Waals surface area contributed by atoms with Gasteiger partial charge in [-0.15, -0.1) is 0 Å². The van der Waals surface area contributed by atoms with E-state index in [0.29, 0.717) is 5.56 Å². The van der Waals surface area contributed by atoms with E-state index in [1.54, 1.807) is 32.9 Å². The zero-order valence-electron chi connectivity index (χ0n) is 15.0. The van der Waals surface area contributed by atoms with Crippen molar-refractivity contribution in [3.05, 3.63) is 35.1 Å². The summed E-state index contributed by atoms with van der Waals surface area (Å²) < 4.78 is 19.2. The van der Waals surface area contributed by atoms with Gasteiger partial charge in [-0.05, 0) is 39.3 Å². The first-order valence-electron chi connectivity index (χ1n) is 7.59. The molecule has 0 saturated heterocycles. The zero-order valence-corrected chi connectivity index (χ0v) is 15.0. The van der Waals surface area contributed by atoms with E-state index in [1.807, 2.05) is 6.92 Å². The number of benzene rings is 1. The molecule has 1 aromatic carbocycles. The Morgan fingerprint density at radius 3 is 2.50 bits per heavy atom. The molecule has 0 aromatic heterocycles. The predicted molar refractivity (Wildman–Crippen MR) is 87.8 cm³/mol. The van der Waals surface area contributed by atoms with Crippen molar-refractivity contribution < 1.29 is 23.6 Å². The largest absolute Gasteiger partial charge is 0.444 e. The molecule has 1 rings (SSSR count). The molecule has 0 aliphatic rings. The van der Waals surface area contributed by atoms with Crippen LogP contribution in [-0.4, -0.2) is 42.9 Å². The second-order valence-corrected chi connectivity index (χ2v) is 6.52. The molecule has 6 nitrogen and oxygen atoms in total. The van der Waals surface area contributed by atoms with Crippen LogP contribution in [0.25, 0.3) is 0 Å². The van der Waals surface area contributed by atoms with Crippen molar-refractivity contribution in [1.29, 1.82) is 0 Å². The summed E-state index contributed by atoms with van der Waals surface area (Å²) in [6.07, 6.45) is -0.766. The van der Waals surface area contributed by atoms with Gasteiger partial charge in [-0.2, -0.15) is 0 Å². The van der Waals surface area contributed by atoms with Crippen molar-refractivity contribution in [1.82, 2.24) is 10.4 Å². The Kier molecular flexibility index (Phi) is 6.71. The molecule has 7 heteroatoms. The number of halogens is 1. The molecule has 1 aromatic rings. The van der Waals surface area contributed by atoms with E-state index in [-0.39, 0.29) is 6.42 Å². The Balaban J connectivity index is 2.99. The summed E-state index contributed by atoms with van der Waals surface area (Å²) in [5.74, 6) is -0.950. The van der Waals surface area contributed by atoms with Crippen LogP contribution in [-0.2, 0) is 20.8 Å². The number of likely N-dealkylation sites (N-methyl/N-ethyl adjacent to an activating group) is 1. The van der Waals surface area contributed by atoms with Crippen LogP contribution in [0.15, 0.2) is 18.2 Å². The van der Waals surface area contributed by atoms with E-state index in [2.05, 4.69) is 5.32 Å². The number of ether oxygens (including phenoxy) is 1. The van der Waals surface area contributed by atoms with E-state index in [9.17, 15) is 14.0 Å². The number of hydrogen-bond donors (Lipinski definition) is 1. The van der Waals surface area contributed by atoms with Crippen LogP contribution in [0, 0.1) is 12.7 Å². The molecule has 0 fully saturated rings. The van der Waals surface area contributed by atoms with Gasteiger partial charge < -0.3 is 10.1 Å². The third-order valence-corrected chi connectivity index (χ3v) is 3.20. The monoisotopic (exact) mass is 340 g/mol. The number of amides is 2. The van der Waals surface area contributed by atoms with Gasteiger partial charge in [0.2, 0.25) is 0 Å². The van der Waals surface area contributed by atoms with Gasteiger partial charge in [0.25, 0.3) is 5.91 Å². The maximum Gasteiger partial charge on any atom is 0.408 e. The fourth-order valence-corrected chi connectivity index (χ4v) is 2.04. The van der Waals surface area contributed by atoms with Crippen LogP contribution in [0.3, 0.4) is 0 Å². The lowest BCUT2D eigenvalue weighted by Crippen LogP contribution is -2.49. The van der Waals surface area contributed by atoms with E-state index >= 15 is 0 Å². The highest BCUT2D eigenvalue weighted by atomic mass is 19.1. The minimum atomic E-state index is -1.01. The van der Waals surface area contributed by atoms with Crippen LogP contribution >= 0.6 is 0 Å². The van der Waals surface area contributed by atoms with E-state index < -0.39 is 29.5 Å². The highest BCUT2D eigenvalue weighted by Gasteiger charge is 2.28. The van der Waals surface area contributed by atoms with Gasteiger partial charge in [-0.1, -0.05) is 17.7 Å². The van der Waals surface area contributed by atoms with E-state index in [1.165, 1.54) is 20.2 Å². The van der Waals surface area contributed by atoms with Crippen LogP contribution in [0.5, 0.6) is 0 Å². The molecule has 2 amide bonds. The smallest absolute Gasteiger partial charge is 0.408 e. The first-order chi connectivity index (χ1) is 11.0. The third kappa shape index (κ3) is 6.16. The Labute approximate surface area is 141 Å². The molecule has 134 valence electrons. The summed E-state index contributed by atoms with van der Waals surface area (Å²) in [4.78, 5) is 29.2. The summed E-state index contributed by atoms with van der Waals surface area (Å²) >= 11 is 0. The third-order valence-electron chi connectivity index (χ3n) is 3.20. The van der Waals surface area contributed by atoms with Gasteiger partial charge in [0.05, 0.1) is 7.11 Å². The molecule has 24 heavy (non-hydrogen) atoms. The maximum absolute atomic E-state index is 14.0. The summed E-state index contributed by atoms with van der Waals surface area (Å²) in [5, 5.41) is 3.47. The fourth-order valence-electron chi connectivity index (χ4n) is 2.04. The summed E-state index contributed by atoms with van der Waals surface area (Å²) in [7, 11) is 2.74. The summed E-state index contributed by atoms with van der Waals surface area (Å²) in [6.45, 7) is 6.96. The second-order valence-electron chi connectivity index (χ2n) is 6.52. The molecule has 1 atom stereocenters. The highest BCUT2D eigenvalue weighted by molar-refractivity contribution is 5.85. The topological polar surface area (TPSA) is 67.9 Å². The summed E-state index contributed by atoms with van der Waals surface area (Å²) in [5.41, 5.74) is 0.475. The lowest BCUT2D eigenvalue weighted by molar-refractivity contribution is -0.171. The maximum atomic E-state index is 14.0. The van der Waals surface area contributed by atoms with Crippen molar-refractivity contribution in [2.24, 2.45) is 0 Å². The standard InChI is InChI=1S/C17H25FN2O4/c1-11-7-8-13(18)12(9-11)10-14(15(21)20(5)23-6)19-16(22)24-17(2,3)4/h7-9,14H,10H2,1-6H3,(H,19,22). The number of nitrogens with one attached hydrogen (secondary N) is 1. The fraction of sp³-hybridized carbons (Fsp3) is 0.529. The Morgan fingerprint density at radius 1 is 1.33 bits per heavy atom. The Bertz CT molecular complexity index is 599. The molecular formula is C17H25FN2O4. The number of hydrogen-bond acceptors (Lipinski definition) is 4. The molecule has 1 unspecified atom stereocenters. The first kappa shape index (κ1) is 19.9. The molecule has 1 N–H and O–H groups in total. The Morgan fingerprint density at radius 2 is 1.96 bits per heavy atom. The van der Waals surface area contributed by atoms with Crippen molar-refractivity contribution in [2.45, 2.75) is 45.8 Å². The van der Waals surface area contributed by atoms with Crippen molar-refractivity contribution >= 4 is 12.0 Å².